The third kappa shape index (κ3) is 2.94. The lowest BCUT2D eigenvalue weighted by Gasteiger charge is -2.41. The van der Waals surface area contributed by atoms with Gasteiger partial charge in [-0.3, -0.25) is 9.59 Å². The molecule has 1 saturated heterocycles. The van der Waals surface area contributed by atoms with Gasteiger partial charge in [-0.15, -0.1) is 11.8 Å². The summed E-state index contributed by atoms with van der Waals surface area (Å²) in [5.74, 6) is 1.63. The van der Waals surface area contributed by atoms with Gasteiger partial charge in [-0.1, -0.05) is 19.3 Å². The molecule has 1 aromatic rings. The van der Waals surface area contributed by atoms with E-state index >= 15 is 0 Å². The number of hydrogen-bond acceptors (Lipinski definition) is 3. The molecule has 0 spiro atoms. The zero-order valence-corrected chi connectivity index (χ0v) is 14.9. The van der Waals surface area contributed by atoms with Crippen LogP contribution in [0.2, 0.25) is 0 Å². The lowest BCUT2D eigenvalue weighted by atomic mass is 9.75. The first-order valence-corrected chi connectivity index (χ1v) is 9.90. The largest absolute Gasteiger partial charge is 0.338 e. The van der Waals surface area contributed by atoms with E-state index in [0.29, 0.717) is 11.5 Å². The van der Waals surface area contributed by atoms with Crippen LogP contribution in [0.1, 0.15) is 49.4 Å². The molecule has 0 aromatic heterocycles. The van der Waals surface area contributed by atoms with E-state index in [2.05, 4.69) is 5.32 Å². The van der Waals surface area contributed by atoms with E-state index in [1.54, 1.807) is 11.8 Å². The second kappa shape index (κ2) is 6.43. The number of likely N-dealkylation sites (tertiary alicyclic amines) is 1. The number of carbonyl (C=O) groups excluding carboxylic acids is 2. The Kier molecular flexibility index (Phi) is 4.29. The topological polar surface area (TPSA) is 49.4 Å². The van der Waals surface area contributed by atoms with Gasteiger partial charge in [-0.05, 0) is 49.8 Å². The first-order chi connectivity index (χ1) is 11.6. The van der Waals surface area contributed by atoms with E-state index in [-0.39, 0.29) is 17.1 Å². The minimum absolute atomic E-state index is 0.0140. The summed E-state index contributed by atoms with van der Waals surface area (Å²) < 4.78 is 0. The van der Waals surface area contributed by atoms with Gasteiger partial charge in [-0.2, -0.15) is 0 Å². The number of benzene rings is 1. The molecule has 3 atom stereocenters. The highest BCUT2D eigenvalue weighted by Crippen LogP contribution is 2.38. The van der Waals surface area contributed by atoms with Crippen LogP contribution in [0, 0.1) is 11.8 Å². The molecule has 4 nitrogen and oxygen atoms in total. The van der Waals surface area contributed by atoms with Gasteiger partial charge in [-0.25, -0.2) is 0 Å². The van der Waals surface area contributed by atoms with Gasteiger partial charge in [0.2, 0.25) is 5.91 Å². The highest BCUT2D eigenvalue weighted by atomic mass is 32.2. The monoisotopic (exact) mass is 344 g/mol. The van der Waals surface area contributed by atoms with E-state index in [0.717, 1.165) is 36.0 Å². The summed E-state index contributed by atoms with van der Waals surface area (Å²) in [6.45, 7) is 3.67. The van der Waals surface area contributed by atoms with Gasteiger partial charge < -0.3 is 10.2 Å². The molecule has 128 valence electrons. The predicted octanol–water partition coefficient (Wildman–Crippen LogP) is 3.77. The molecular formula is C19H24N2O2S. The van der Waals surface area contributed by atoms with Crippen LogP contribution in [-0.2, 0) is 4.79 Å². The quantitative estimate of drug-likeness (QED) is 0.844. The van der Waals surface area contributed by atoms with Crippen LogP contribution in [-0.4, -0.2) is 35.1 Å². The van der Waals surface area contributed by atoms with Crippen LogP contribution in [0.3, 0.4) is 0 Å². The fourth-order valence-corrected chi connectivity index (χ4v) is 5.24. The molecule has 0 radical (unpaired) electrons. The maximum absolute atomic E-state index is 12.9. The van der Waals surface area contributed by atoms with Crippen molar-refractivity contribution in [1.82, 2.24) is 4.90 Å². The summed E-state index contributed by atoms with van der Waals surface area (Å²) in [5, 5.41) is 2.84. The van der Waals surface area contributed by atoms with E-state index in [4.69, 9.17) is 0 Å². The van der Waals surface area contributed by atoms with Crippen molar-refractivity contribution in [2.75, 3.05) is 18.4 Å². The lowest BCUT2D eigenvalue weighted by molar-refractivity contribution is -0.115. The highest BCUT2D eigenvalue weighted by Gasteiger charge is 2.33. The van der Waals surface area contributed by atoms with Crippen molar-refractivity contribution in [2.45, 2.75) is 49.2 Å². The molecule has 2 aliphatic heterocycles. The predicted molar refractivity (Wildman–Crippen MR) is 96.4 cm³/mol. The Hall–Kier alpha value is -1.49. The summed E-state index contributed by atoms with van der Waals surface area (Å²) in [6, 6.07) is 5.73. The van der Waals surface area contributed by atoms with Crippen LogP contribution in [0.4, 0.5) is 5.69 Å². The Morgan fingerprint density at radius 1 is 1.21 bits per heavy atom. The molecule has 1 saturated carbocycles. The summed E-state index contributed by atoms with van der Waals surface area (Å²) in [6.07, 6.45) is 6.42. The molecule has 2 fully saturated rings. The molecule has 1 N–H and O–H groups in total. The number of anilines is 1. The molecule has 0 bridgehead atoms. The molecule has 1 aliphatic carbocycles. The number of thioether (sulfide) groups is 1. The number of carbonyl (C=O) groups is 2. The summed E-state index contributed by atoms with van der Waals surface area (Å²) in [7, 11) is 0. The minimum Gasteiger partial charge on any atom is -0.338 e. The Labute approximate surface area is 147 Å². The highest BCUT2D eigenvalue weighted by molar-refractivity contribution is 8.00. The van der Waals surface area contributed by atoms with E-state index in [1.807, 2.05) is 30.0 Å². The van der Waals surface area contributed by atoms with Gasteiger partial charge in [0.05, 0.1) is 10.9 Å². The number of nitrogens with zero attached hydrogens (tertiary/aromatic N) is 1. The fourth-order valence-electron chi connectivity index (χ4n) is 4.31. The van der Waals surface area contributed by atoms with Crippen molar-refractivity contribution < 1.29 is 9.59 Å². The van der Waals surface area contributed by atoms with Crippen LogP contribution in [0.5, 0.6) is 0 Å². The average molecular weight is 344 g/mol. The van der Waals surface area contributed by atoms with Crippen LogP contribution >= 0.6 is 11.8 Å². The SMILES string of the molecule is C[C@@H]1Sc2ccc(C(=O)N3CC[C@H]4CCCC[C@H]4C3)cc2NC1=O. The molecule has 3 aliphatic rings. The van der Waals surface area contributed by atoms with Crippen molar-refractivity contribution in [3.63, 3.8) is 0 Å². The third-order valence-electron chi connectivity index (χ3n) is 5.74. The van der Waals surface area contributed by atoms with Gasteiger partial charge >= 0.3 is 0 Å². The van der Waals surface area contributed by atoms with Crippen molar-refractivity contribution in [1.29, 1.82) is 0 Å². The zero-order valence-electron chi connectivity index (χ0n) is 14.1. The van der Waals surface area contributed by atoms with Crippen molar-refractivity contribution in [3.8, 4) is 0 Å². The van der Waals surface area contributed by atoms with Crippen LogP contribution < -0.4 is 5.32 Å². The molecule has 4 rings (SSSR count). The maximum atomic E-state index is 12.9. The first kappa shape index (κ1) is 16.0. The molecule has 2 heterocycles. The number of rotatable bonds is 1. The number of fused-ring (bicyclic) bond motifs is 2. The molecular weight excluding hydrogens is 320 g/mol. The number of hydrogen-bond donors (Lipinski definition) is 1. The Morgan fingerprint density at radius 3 is 2.83 bits per heavy atom. The van der Waals surface area contributed by atoms with Gasteiger partial charge in [0.25, 0.3) is 5.91 Å². The van der Waals surface area contributed by atoms with E-state index in [9.17, 15) is 9.59 Å². The van der Waals surface area contributed by atoms with E-state index < -0.39 is 0 Å². The first-order valence-electron chi connectivity index (χ1n) is 9.02. The summed E-state index contributed by atoms with van der Waals surface area (Å²) >= 11 is 1.55. The molecule has 1 aromatic carbocycles. The maximum Gasteiger partial charge on any atom is 0.253 e. The smallest absolute Gasteiger partial charge is 0.253 e. The summed E-state index contributed by atoms with van der Waals surface area (Å²) in [4.78, 5) is 27.9. The van der Waals surface area contributed by atoms with Gasteiger partial charge in [0.15, 0.2) is 0 Å². The normalized spacial score (nSPS) is 29.5. The Bertz CT molecular complexity index is 675. The lowest BCUT2D eigenvalue weighted by Crippen LogP contribution is -2.44. The molecule has 5 heteroatoms. The van der Waals surface area contributed by atoms with Gasteiger partial charge in [0, 0.05) is 23.5 Å². The van der Waals surface area contributed by atoms with Crippen LogP contribution in [0.15, 0.2) is 23.1 Å². The standard InChI is InChI=1S/C19H24N2O2S/c1-12-18(22)20-16-10-14(6-7-17(16)24-12)19(23)21-9-8-13-4-2-3-5-15(13)11-21/h6-7,10,12-13,15H,2-5,8-9,11H2,1H3,(H,20,22)/t12-,13+,15-/m0/s1. The molecule has 24 heavy (non-hydrogen) atoms. The van der Waals surface area contributed by atoms with Crippen molar-refractivity contribution >= 4 is 29.3 Å². The summed E-state index contributed by atoms with van der Waals surface area (Å²) in [5.41, 5.74) is 1.47. The second-order valence-corrected chi connectivity index (χ2v) is 8.69. The zero-order chi connectivity index (χ0) is 16.7. The van der Waals surface area contributed by atoms with Crippen LogP contribution in [0.25, 0.3) is 0 Å². The third-order valence-corrected chi connectivity index (χ3v) is 6.91. The Morgan fingerprint density at radius 2 is 2.00 bits per heavy atom. The average Bonchev–Trinajstić information content (AvgIpc) is 2.61. The van der Waals surface area contributed by atoms with Crippen molar-refractivity contribution in [3.05, 3.63) is 23.8 Å². The Balaban J connectivity index is 1.51. The van der Waals surface area contributed by atoms with Crippen molar-refractivity contribution in [2.24, 2.45) is 11.8 Å². The van der Waals surface area contributed by atoms with Gasteiger partial charge in [0.1, 0.15) is 0 Å². The fraction of sp³-hybridized carbons (Fsp3) is 0.579. The number of nitrogens with one attached hydrogen (secondary N) is 1. The minimum atomic E-state index is -0.0793. The number of amides is 2. The molecule has 2 amide bonds. The molecule has 0 unspecified atom stereocenters. The number of piperidine rings is 1. The second-order valence-electron chi connectivity index (χ2n) is 7.30. The van der Waals surface area contributed by atoms with E-state index in [1.165, 1.54) is 25.7 Å².